The Bertz CT molecular complexity index is 348. The Hall–Kier alpha value is -0.360. The van der Waals surface area contributed by atoms with Gasteiger partial charge in [-0.25, -0.2) is 9.18 Å². The molecule has 7 heteroatoms. The molecule has 16 heavy (non-hydrogen) atoms. The summed E-state index contributed by atoms with van der Waals surface area (Å²) in [7, 11) is 0. The smallest absolute Gasteiger partial charge is 0.342 e. The van der Waals surface area contributed by atoms with Crippen molar-refractivity contribution >= 4 is 41.3 Å². The van der Waals surface area contributed by atoms with Crippen LogP contribution in [0.5, 0.6) is 0 Å². The zero-order valence-electron chi connectivity index (χ0n) is 8.48. The van der Waals surface area contributed by atoms with Crippen molar-refractivity contribution in [3.05, 3.63) is 21.3 Å². The summed E-state index contributed by atoms with van der Waals surface area (Å²) in [6.45, 7) is 1.75. The Morgan fingerprint density at radius 2 is 2.31 bits per heavy atom. The normalized spacial score (nSPS) is 13.8. The molecular formula is C9H12Cl2FNO2S. The second kappa shape index (κ2) is 7.06. The summed E-state index contributed by atoms with van der Waals surface area (Å²) in [6.07, 6.45) is -1.85. The van der Waals surface area contributed by atoms with Crippen LogP contribution in [0.1, 0.15) is 17.8 Å². The first-order chi connectivity index (χ1) is 7.06. The maximum absolute atomic E-state index is 13.4. The lowest BCUT2D eigenvalue weighted by atomic mass is 10.1. The van der Waals surface area contributed by atoms with Crippen molar-refractivity contribution in [1.82, 2.24) is 0 Å². The highest BCUT2D eigenvalue weighted by Gasteiger charge is 2.28. The second-order valence-electron chi connectivity index (χ2n) is 2.82. The van der Waals surface area contributed by atoms with Crippen LogP contribution >= 0.6 is 35.3 Å². The van der Waals surface area contributed by atoms with Crippen molar-refractivity contribution in [2.75, 3.05) is 6.61 Å². The van der Waals surface area contributed by atoms with Gasteiger partial charge in [-0.15, -0.1) is 23.7 Å². The van der Waals surface area contributed by atoms with Crippen molar-refractivity contribution < 1.29 is 13.9 Å². The van der Waals surface area contributed by atoms with Crippen molar-refractivity contribution in [1.29, 1.82) is 0 Å². The minimum absolute atomic E-state index is 0. The Labute approximate surface area is 108 Å². The van der Waals surface area contributed by atoms with Gasteiger partial charge in [-0.1, -0.05) is 11.6 Å². The molecule has 0 aliphatic heterocycles. The van der Waals surface area contributed by atoms with E-state index < -0.39 is 18.2 Å². The lowest BCUT2D eigenvalue weighted by Gasteiger charge is -2.13. The molecule has 0 saturated carbocycles. The molecular weight excluding hydrogens is 276 g/mol. The molecule has 0 fully saturated rings. The molecule has 0 amide bonds. The Morgan fingerprint density at radius 1 is 1.69 bits per heavy atom. The second-order valence-corrected chi connectivity index (χ2v) is 4.57. The van der Waals surface area contributed by atoms with E-state index in [4.69, 9.17) is 17.3 Å². The van der Waals surface area contributed by atoms with Gasteiger partial charge in [0.1, 0.15) is 0 Å². The summed E-state index contributed by atoms with van der Waals surface area (Å²) in [5.74, 6) is -0.936. The first kappa shape index (κ1) is 15.6. The number of thiophene rings is 1. The first-order valence-corrected chi connectivity index (χ1v) is 5.57. The topological polar surface area (TPSA) is 52.3 Å². The van der Waals surface area contributed by atoms with Gasteiger partial charge >= 0.3 is 5.97 Å². The van der Waals surface area contributed by atoms with Gasteiger partial charge in [-0.3, -0.25) is 0 Å². The summed E-state index contributed by atoms with van der Waals surface area (Å²) in [5.41, 5.74) is 5.56. The number of carbonyl (C=O) groups is 1. The predicted molar refractivity (Wildman–Crippen MR) is 65.0 cm³/mol. The van der Waals surface area contributed by atoms with Gasteiger partial charge in [0.2, 0.25) is 6.17 Å². The summed E-state index contributed by atoms with van der Waals surface area (Å²) in [5, 5.41) is 0. The molecule has 1 aromatic rings. The molecule has 0 bridgehead atoms. The van der Waals surface area contributed by atoms with Gasteiger partial charge in [0.15, 0.2) is 0 Å². The fourth-order valence-electron chi connectivity index (χ4n) is 1.02. The van der Waals surface area contributed by atoms with E-state index in [0.29, 0.717) is 9.21 Å². The predicted octanol–water partition coefficient (Wildman–Crippen LogP) is 2.72. The van der Waals surface area contributed by atoms with Gasteiger partial charge in [-0.05, 0) is 19.1 Å². The molecule has 92 valence electrons. The molecule has 0 spiro atoms. The number of carbonyl (C=O) groups excluding carboxylic acids is 1. The number of ether oxygens (including phenoxy) is 1. The summed E-state index contributed by atoms with van der Waals surface area (Å²) < 4.78 is 18.5. The average molecular weight is 288 g/mol. The van der Waals surface area contributed by atoms with E-state index in [9.17, 15) is 9.18 Å². The van der Waals surface area contributed by atoms with Gasteiger partial charge in [-0.2, -0.15) is 0 Å². The van der Waals surface area contributed by atoms with Crippen molar-refractivity contribution in [3.63, 3.8) is 0 Å². The van der Waals surface area contributed by atoms with Gasteiger partial charge < -0.3 is 10.5 Å². The highest BCUT2D eigenvalue weighted by molar-refractivity contribution is 7.16. The number of hydrogen-bond acceptors (Lipinski definition) is 4. The number of nitrogens with two attached hydrogens (primary N) is 1. The van der Waals surface area contributed by atoms with Crippen LogP contribution in [-0.4, -0.2) is 18.7 Å². The molecule has 2 N–H and O–H groups in total. The average Bonchev–Trinajstić information content (AvgIpc) is 2.63. The van der Waals surface area contributed by atoms with E-state index in [2.05, 4.69) is 4.74 Å². The zero-order valence-corrected chi connectivity index (χ0v) is 10.9. The molecule has 2 atom stereocenters. The zero-order chi connectivity index (χ0) is 11.4. The van der Waals surface area contributed by atoms with E-state index in [-0.39, 0.29) is 19.0 Å². The standard InChI is InChI=1S/C9H11ClFNO2S.ClH/c1-2-14-9(13)7(11)8(12)5-3-4-6(10)15-5;/h3-4,7-8H,2,12H2,1H3;1H/t7?,8-;/m1./s1. The SMILES string of the molecule is CCOC(=O)C(F)[C@H](N)c1ccc(Cl)s1.Cl. The molecule has 1 rings (SSSR count). The number of esters is 1. The van der Waals surface area contributed by atoms with E-state index in [1.807, 2.05) is 0 Å². The van der Waals surface area contributed by atoms with E-state index in [0.717, 1.165) is 11.3 Å². The third-order valence-corrected chi connectivity index (χ3v) is 3.08. The molecule has 3 nitrogen and oxygen atoms in total. The lowest BCUT2D eigenvalue weighted by molar-refractivity contribution is -0.149. The van der Waals surface area contributed by atoms with Gasteiger partial charge in [0.05, 0.1) is 17.0 Å². The molecule has 1 heterocycles. The van der Waals surface area contributed by atoms with Crippen LogP contribution < -0.4 is 5.73 Å². The van der Waals surface area contributed by atoms with Gasteiger partial charge in [0, 0.05) is 4.88 Å². The fraction of sp³-hybridized carbons (Fsp3) is 0.444. The molecule has 0 saturated heterocycles. The summed E-state index contributed by atoms with van der Waals surface area (Å²) in [4.78, 5) is 11.6. The Morgan fingerprint density at radius 3 is 2.75 bits per heavy atom. The third-order valence-electron chi connectivity index (χ3n) is 1.75. The van der Waals surface area contributed by atoms with Crippen LogP contribution in [0.15, 0.2) is 12.1 Å². The van der Waals surface area contributed by atoms with Crippen LogP contribution in [-0.2, 0) is 9.53 Å². The number of halogens is 3. The fourth-order valence-corrected chi connectivity index (χ4v) is 2.10. The first-order valence-electron chi connectivity index (χ1n) is 4.37. The molecule has 0 aromatic carbocycles. The minimum Gasteiger partial charge on any atom is -0.464 e. The van der Waals surface area contributed by atoms with E-state index in [1.54, 1.807) is 19.1 Å². The van der Waals surface area contributed by atoms with Crippen LogP contribution in [0.4, 0.5) is 4.39 Å². The molecule has 0 aliphatic rings. The van der Waals surface area contributed by atoms with Crippen molar-refractivity contribution in [2.24, 2.45) is 5.73 Å². The Kier molecular flexibility index (Phi) is 6.90. The maximum atomic E-state index is 13.4. The summed E-state index contributed by atoms with van der Waals surface area (Å²) in [6, 6.07) is 2.20. The molecule has 0 aliphatic carbocycles. The Balaban J connectivity index is 0.00000225. The van der Waals surface area contributed by atoms with E-state index >= 15 is 0 Å². The van der Waals surface area contributed by atoms with Crippen molar-refractivity contribution in [2.45, 2.75) is 19.1 Å². The van der Waals surface area contributed by atoms with Crippen LogP contribution in [0, 0.1) is 0 Å². The number of rotatable bonds is 4. The number of hydrogen-bond donors (Lipinski definition) is 1. The third kappa shape index (κ3) is 3.90. The highest BCUT2D eigenvalue weighted by Crippen LogP contribution is 2.28. The summed E-state index contributed by atoms with van der Waals surface area (Å²) >= 11 is 6.83. The van der Waals surface area contributed by atoms with Gasteiger partial charge in [0.25, 0.3) is 0 Å². The number of alkyl halides is 1. The lowest BCUT2D eigenvalue weighted by Crippen LogP contribution is -2.30. The van der Waals surface area contributed by atoms with Crippen LogP contribution in [0.3, 0.4) is 0 Å². The van der Waals surface area contributed by atoms with Crippen LogP contribution in [0.25, 0.3) is 0 Å². The van der Waals surface area contributed by atoms with Crippen molar-refractivity contribution in [3.8, 4) is 0 Å². The molecule has 1 aromatic heterocycles. The quantitative estimate of drug-likeness (QED) is 0.867. The van der Waals surface area contributed by atoms with E-state index in [1.165, 1.54) is 0 Å². The molecule has 1 unspecified atom stereocenters. The monoisotopic (exact) mass is 287 g/mol. The van der Waals surface area contributed by atoms with Crippen LogP contribution in [0.2, 0.25) is 4.34 Å². The molecule has 0 radical (unpaired) electrons. The maximum Gasteiger partial charge on any atom is 0.342 e. The minimum atomic E-state index is -1.85. The highest BCUT2D eigenvalue weighted by atomic mass is 35.5. The largest absolute Gasteiger partial charge is 0.464 e.